The number of thiocarbonyl (C=S) groups is 1. The van der Waals surface area contributed by atoms with Crippen LogP contribution < -0.4 is 5.32 Å². The van der Waals surface area contributed by atoms with Crippen molar-refractivity contribution in [3.63, 3.8) is 0 Å². The minimum Gasteiger partial charge on any atom is -0.379 e. The highest BCUT2D eigenvalue weighted by Gasteiger charge is 2.16. The molecule has 2 aliphatic heterocycles. The van der Waals surface area contributed by atoms with Gasteiger partial charge in [0, 0.05) is 45.8 Å². The van der Waals surface area contributed by atoms with Crippen LogP contribution in [0, 0.1) is 0 Å². The van der Waals surface area contributed by atoms with E-state index < -0.39 is 0 Å². The van der Waals surface area contributed by atoms with E-state index in [0.717, 1.165) is 77.1 Å². The Hall–Kier alpha value is -0.430. The van der Waals surface area contributed by atoms with E-state index >= 15 is 0 Å². The molecule has 5 nitrogen and oxygen atoms in total. The molecule has 2 heterocycles. The second-order valence-corrected chi connectivity index (χ2v) is 5.72. The first-order valence-corrected chi connectivity index (χ1v) is 7.68. The van der Waals surface area contributed by atoms with Crippen LogP contribution in [-0.4, -0.2) is 92.4 Å². The molecule has 0 aromatic heterocycles. The molecule has 1 N–H and O–H groups in total. The summed E-state index contributed by atoms with van der Waals surface area (Å²) in [7, 11) is 2.16. The molecule has 2 rings (SSSR count). The molecular weight excluding hydrogens is 260 g/mol. The molecular formula is C13H26N4OS. The molecule has 0 spiro atoms. The molecule has 19 heavy (non-hydrogen) atoms. The molecule has 6 heteroatoms. The number of morpholine rings is 1. The molecule has 0 unspecified atom stereocenters. The molecule has 0 aromatic rings. The second kappa shape index (κ2) is 7.99. The van der Waals surface area contributed by atoms with Crippen molar-refractivity contribution < 1.29 is 4.74 Å². The van der Waals surface area contributed by atoms with Gasteiger partial charge in [0.05, 0.1) is 13.2 Å². The lowest BCUT2D eigenvalue weighted by atomic mass is 10.3. The fraction of sp³-hybridized carbons (Fsp3) is 0.923. The molecule has 2 aliphatic rings. The lowest BCUT2D eigenvalue weighted by molar-refractivity contribution is 0.0375. The molecule has 0 saturated carbocycles. The predicted molar refractivity (Wildman–Crippen MR) is 81.5 cm³/mol. The van der Waals surface area contributed by atoms with Crippen molar-refractivity contribution in [1.82, 2.24) is 20.0 Å². The van der Waals surface area contributed by atoms with Crippen molar-refractivity contribution in [2.45, 2.75) is 6.42 Å². The first kappa shape index (κ1) is 15.0. The maximum atomic E-state index is 5.45. The zero-order valence-electron chi connectivity index (χ0n) is 11.9. The lowest BCUT2D eigenvalue weighted by Gasteiger charge is -2.34. The maximum absolute atomic E-state index is 5.45. The Morgan fingerprint density at radius 2 is 1.79 bits per heavy atom. The highest BCUT2D eigenvalue weighted by molar-refractivity contribution is 7.80. The summed E-state index contributed by atoms with van der Waals surface area (Å²) in [6, 6.07) is 0. The van der Waals surface area contributed by atoms with Gasteiger partial charge in [-0.05, 0) is 32.2 Å². The van der Waals surface area contributed by atoms with Gasteiger partial charge in [-0.25, -0.2) is 0 Å². The normalized spacial score (nSPS) is 22.5. The number of ether oxygens (including phenoxy) is 1. The summed E-state index contributed by atoms with van der Waals surface area (Å²) in [5.41, 5.74) is 0. The van der Waals surface area contributed by atoms with Crippen molar-refractivity contribution in [2.24, 2.45) is 0 Å². The maximum Gasteiger partial charge on any atom is 0.169 e. The number of nitrogens with one attached hydrogen (secondary N) is 1. The summed E-state index contributed by atoms with van der Waals surface area (Å²) in [5.74, 6) is 0. The minimum absolute atomic E-state index is 0.882. The Bertz CT molecular complexity index is 276. The Morgan fingerprint density at radius 3 is 2.47 bits per heavy atom. The standard InChI is InChI=1S/C13H26N4OS/c1-15-5-7-17(8-6-15)13(19)14-3-2-4-16-9-11-18-12-10-16/h2-12H2,1H3,(H,14,19). The summed E-state index contributed by atoms with van der Waals surface area (Å²) < 4.78 is 5.34. The van der Waals surface area contributed by atoms with Gasteiger partial charge in [0.25, 0.3) is 0 Å². The van der Waals surface area contributed by atoms with Crippen LogP contribution in [0.1, 0.15) is 6.42 Å². The van der Waals surface area contributed by atoms with Gasteiger partial charge in [-0.2, -0.15) is 0 Å². The third-order valence-electron chi connectivity index (χ3n) is 3.82. The number of hydrogen-bond donors (Lipinski definition) is 1. The van der Waals surface area contributed by atoms with Crippen LogP contribution in [-0.2, 0) is 4.74 Å². The summed E-state index contributed by atoms with van der Waals surface area (Å²) in [5, 5.41) is 4.31. The Balaban J connectivity index is 1.53. The van der Waals surface area contributed by atoms with Crippen LogP contribution in [0.15, 0.2) is 0 Å². The van der Waals surface area contributed by atoms with E-state index in [0.29, 0.717) is 0 Å². The Labute approximate surface area is 121 Å². The number of hydrogen-bond acceptors (Lipinski definition) is 4. The molecule has 0 atom stereocenters. The molecule has 0 aliphatic carbocycles. The average Bonchev–Trinajstić information content (AvgIpc) is 2.45. The van der Waals surface area contributed by atoms with Crippen LogP contribution >= 0.6 is 12.2 Å². The molecule has 2 saturated heterocycles. The zero-order chi connectivity index (χ0) is 13.5. The summed E-state index contributed by atoms with van der Waals surface area (Å²) in [6.45, 7) is 10.3. The number of likely N-dealkylation sites (N-methyl/N-ethyl adjacent to an activating group) is 1. The van der Waals surface area contributed by atoms with Gasteiger partial charge in [0.2, 0.25) is 0 Å². The fourth-order valence-corrected chi connectivity index (χ4v) is 2.73. The van der Waals surface area contributed by atoms with Gasteiger partial charge >= 0.3 is 0 Å². The predicted octanol–water partition coefficient (Wildman–Crippen LogP) is -0.169. The molecule has 0 amide bonds. The third-order valence-corrected chi connectivity index (χ3v) is 4.22. The van der Waals surface area contributed by atoms with Crippen LogP contribution in [0.2, 0.25) is 0 Å². The topological polar surface area (TPSA) is 31.0 Å². The van der Waals surface area contributed by atoms with Gasteiger partial charge < -0.3 is 19.9 Å². The number of rotatable bonds is 4. The third kappa shape index (κ3) is 5.22. The van der Waals surface area contributed by atoms with Crippen LogP contribution in [0.5, 0.6) is 0 Å². The van der Waals surface area contributed by atoms with Crippen molar-refractivity contribution in [3.05, 3.63) is 0 Å². The largest absolute Gasteiger partial charge is 0.379 e. The van der Waals surface area contributed by atoms with E-state index in [9.17, 15) is 0 Å². The highest BCUT2D eigenvalue weighted by Crippen LogP contribution is 2.00. The summed E-state index contributed by atoms with van der Waals surface area (Å²) in [6.07, 6.45) is 1.15. The lowest BCUT2D eigenvalue weighted by Crippen LogP contribution is -2.50. The number of nitrogens with zero attached hydrogens (tertiary/aromatic N) is 3. The second-order valence-electron chi connectivity index (χ2n) is 5.33. The zero-order valence-corrected chi connectivity index (χ0v) is 12.8. The Morgan fingerprint density at radius 1 is 1.11 bits per heavy atom. The fourth-order valence-electron chi connectivity index (χ4n) is 2.44. The van der Waals surface area contributed by atoms with Crippen LogP contribution in [0.25, 0.3) is 0 Å². The molecule has 110 valence electrons. The van der Waals surface area contributed by atoms with E-state index in [1.54, 1.807) is 0 Å². The van der Waals surface area contributed by atoms with Crippen molar-refractivity contribution in [1.29, 1.82) is 0 Å². The SMILES string of the molecule is CN1CCN(C(=S)NCCCN2CCOCC2)CC1. The van der Waals surface area contributed by atoms with Gasteiger partial charge in [-0.15, -0.1) is 0 Å². The minimum atomic E-state index is 0.882. The van der Waals surface area contributed by atoms with E-state index in [1.165, 1.54) is 0 Å². The highest BCUT2D eigenvalue weighted by atomic mass is 32.1. The van der Waals surface area contributed by atoms with Crippen molar-refractivity contribution in [2.75, 3.05) is 72.6 Å². The molecule has 0 aromatic carbocycles. The molecule has 2 fully saturated rings. The van der Waals surface area contributed by atoms with E-state index in [-0.39, 0.29) is 0 Å². The van der Waals surface area contributed by atoms with Gasteiger partial charge in [0.1, 0.15) is 0 Å². The summed E-state index contributed by atoms with van der Waals surface area (Å²) >= 11 is 5.45. The van der Waals surface area contributed by atoms with E-state index in [1.807, 2.05) is 0 Å². The van der Waals surface area contributed by atoms with Crippen molar-refractivity contribution >= 4 is 17.3 Å². The first-order valence-electron chi connectivity index (χ1n) is 7.27. The van der Waals surface area contributed by atoms with Gasteiger partial charge in [-0.3, -0.25) is 4.90 Å². The van der Waals surface area contributed by atoms with Gasteiger partial charge in [0.15, 0.2) is 5.11 Å². The van der Waals surface area contributed by atoms with Crippen LogP contribution in [0.3, 0.4) is 0 Å². The van der Waals surface area contributed by atoms with E-state index in [2.05, 4.69) is 27.1 Å². The summed E-state index contributed by atoms with van der Waals surface area (Å²) in [4.78, 5) is 7.09. The van der Waals surface area contributed by atoms with Crippen molar-refractivity contribution in [3.8, 4) is 0 Å². The smallest absolute Gasteiger partial charge is 0.169 e. The first-order chi connectivity index (χ1) is 9.25. The van der Waals surface area contributed by atoms with Gasteiger partial charge in [-0.1, -0.05) is 0 Å². The number of piperazine rings is 1. The quantitative estimate of drug-likeness (QED) is 0.570. The average molecular weight is 286 g/mol. The monoisotopic (exact) mass is 286 g/mol. The Kier molecular flexibility index (Phi) is 6.30. The molecule has 0 radical (unpaired) electrons. The van der Waals surface area contributed by atoms with Crippen LogP contribution in [0.4, 0.5) is 0 Å². The van der Waals surface area contributed by atoms with E-state index in [4.69, 9.17) is 17.0 Å². The molecule has 0 bridgehead atoms.